The van der Waals surface area contributed by atoms with Crippen molar-refractivity contribution in [1.82, 2.24) is 9.13 Å². The van der Waals surface area contributed by atoms with Gasteiger partial charge >= 0.3 is 11.9 Å². The zero-order valence-corrected chi connectivity index (χ0v) is 14.7. The highest BCUT2D eigenvalue weighted by molar-refractivity contribution is 9.10. The molecule has 0 fully saturated rings. The standard InChI is InChI=1S/C15H11BrF4N2O4/c1-21-10(15(18,19)20)4-11(24)22(14(21)25)12-7-2-6(5-23)26-13(7)8(16)3-9(12)17/h3-4,6,23H,2,5H2,1H3. The lowest BCUT2D eigenvalue weighted by atomic mass is 10.1. The number of hydrogen-bond donors (Lipinski definition) is 1. The van der Waals surface area contributed by atoms with Gasteiger partial charge in [-0.3, -0.25) is 9.36 Å². The molecule has 0 bridgehead atoms. The summed E-state index contributed by atoms with van der Waals surface area (Å²) in [6.45, 7) is -0.401. The third-order valence-corrected chi connectivity index (χ3v) is 4.60. The molecule has 2 aromatic rings. The van der Waals surface area contributed by atoms with E-state index < -0.39 is 47.3 Å². The Morgan fingerprint density at radius 3 is 2.58 bits per heavy atom. The van der Waals surface area contributed by atoms with Gasteiger partial charge in [-0.1, -0.05) is 0 Å². The van der Waals surface area contributed by atoms with E-state index in [4.69, 9.17) is 4.74 Å². The summed E-state index contributed by atoms with van der Waals surface area (Å²) >= 11 is 3.08. The number of halogens is 5. The largest absolute Gasteiger partial charge is 0.486 e. The van der Waals surface area contributed by atoms with E-state index in [0.717, 1.165) is 13.1 Å². The van der Waals surface area contributed by atoms with Crippen LogP contribution in [0.3, 0.4) is 0 Å². The Balaban J connectivity index is 2.34. The summed E-state index contributed by atoms with van der Waals surface area (Å²) < 4.78 is 59.6. The summed E-state index contributed by atoms with van der Waals surface area (Å²) in [5, 5.41) is 9.25. The molecule has 0 amide bonds. The van der Waals surface area contributed by atoms with E-state index in [1.165, 1.54) is 0 Å². The van der Waals surface area contributed by atoms with Crippen LogP contribution in [-0.2, 0) is 19.6 Å². The zero-order valence-electron chi connectivity index (χ0n) is 13.1. The fraction of sp³-hybridized carbons (Fsp3) is 0.333. The van der Waals surface area contributed by atoms with Crippen LogP contribution in [0.1, 0.15) is 11.3 Å². The Bertz CT molecular complexity index is 1010. The van der Waals surface area contributed by atoms with Crippen molar-refractivity contribution in [3.63, 3.8) is 0 Å². The topological polar surface area (TPSA) is 73.5 Å². The highest BCUT2D eigenvalue weighted by Gasteiger charge is 2.36. The third kappa shape index (κ3) is 2.84. The van der Waals surface area contributed by atoms with Gasteiger partial charge in [0.15, 0.2) is 0 Å². The van der Waals surface area contributed by atoms with Crippen LogP contribution in [0.4, 0.5) is 17.6 Å². The van der Waals surface area contributed by atoms with Crippen LogP contribution in [0.5, 0.6) is 5.75 Å². The van der Waals surface area contributed by atoms with E-state index >= 15 is 0 Å². The number of aliphatic hydroxyl groups excluding tert-OH is 1. The van der Waals surface area contributed by atoms with Crippen molar-refractivity contribution in [2.45, 2.75) is 18.7 Å². The molecule has 0 saturated heterocycles. The molecule has 0 spiro atoms. The van der Waals surface area contributed by atoms with Gasteiger partial charge in [0.25, 0.3) is 5.56 Å². The summed E-state index contributed by atoms with van der Waals surface area (Å²) in [6.07, 6.45) is -5.66. The van der Waals surface area contributed by atoms with Gasteiger partial charge in [0.1, 0.15) is 23.4 Å². The van der Waals surface area contributed by atoms with Gasteiger partial charge in [-0.25, -0.2) is 13.8 Å². The molecule has 1 aromatic heterocycles. The summed E-state index contributed by atoms with van der Waals surface area (Å²) in [7, 11) is 0.838. The van der Waals surface area contributed by atoms with E-state index in [9.17, 15) is 32.3 Å². The molecule has 1 unspecified atom stereocenters. The lowest BCUT2D eigenvalue weighted by Crippen LogP contribution is -2.41. The second-order valence-electron chi connectivity index (χ2n) is 5.67. The smallest absolute Gasteiger partial charge is 0.431 e. The van der Waals surface area contributed by atoms with Crippen LogP contribution < -0.4 is 16.0 Å². The molecule has 0 saturated carbocycles. The second-order valence-corrected chi connectivity index (χ2v) is 6.52. The number of rotatable bonds is 2. The van der Waals surface area contributed by atoms with Gasteiger partial charge in [0.05, 0.1) is 16.8 Å². The second kappa shape index (κ2) is 6.23. The molecule has 0 radical (unpaired) electrons. The monoisotopic (exact) mass is 438 g/mol. The van der Waals surface area contributed by atoms with Crippen molar-refractivity contribution in [2.75, 3.05) is 6.61 Å². The molecule has 3 rings (SSSR count). The van der Waals surface area contributed by atoms with Crippen LogP contribution >= 0.6 is 15.9 Å². The first kappa shape index (κ1) is 18.6. The molecule has 11 heteroatoms. The summed E-state index contributed by atoms with van der Waals surface area (Å²) in [6, 6.07) is 1.17. The van der Waals surface area contributed by atoms with Crippen LogP contribution in [-0.4, -0.2) is 27.0 Å². The van der Waals surface area contributed by atoms with E-state index in [0.29, 0.717) is 4.57 Å². The van der Waals surface area contributed by atoms with Crippen molar-refractivity contribution < 1.29 is 27.4 Å². The minimum atomic E-state index is -4.92. The first-order valence-corrected chi connectivity index (χ1v) is 8.04. The van der Waals surface area contributed by atoms with Crippen LogP contribution in [0, 0.1) is 5.82 Å². The van der Waals surface area contributed by atoms with Crippen molar-refractivity contribution in [3.8, 4) is 11.4 Å². The molecule has 1 aromatic carbocycles. The number of alkyl halides is 3. The molecular weight excluding hydrogens is 428 g/mol. The predicted molar refractivity (Wildman–Crippen MR) is 85.1 cm³/mol. The van der Waals surface area contributed by atoms with E-state index in [1.807, 2.05) is 0 Å². The molecule has 2 heterocycles. The summed E-state index contributed by atoms with van der Waals surface area (Å²) in [4.78, 5) is 24.6. The fourth-order valence-corrected chi connectivity index (χ4v) is 3.37. The van der Waals surface area contributed by atoms with Gasteiger partial charge in [-0.15, -0.1) is 0 Å². The molecule has 140 valence electrons. The maximum absolute atomic E-state index is 14.6. The molecular formula is C15H11BrF4N2O4. The first-order valence-electron chi connectivity index (χ1n) is 7.25. The Morgan fingerprint density at radius 1 is 1.35 bits per heavy atom. The van der Waals surface area contributed by atoms with Gasteiger partial charge in [0, 0.05) is 25.1 Å². The number of aromatic nitrogens is 2. The number of fused-ring (bicyclic) bond motifs is 1. The van der Waals surface area contributed by atoms with Crippen molar-refractivity contribution in [2.24, 2.45) is 7.05 Å². The highest BCUT2D eigenvalue weighted by atomic mass is 79.9. The minimum Gasteiger partial charge on any atom is -0.486 e. The predicted octanol–water partition coefficient (Wildman–Crippen LogP) is 1.75. The number of benzene rings is 1. The maximum atomic E-state index is 14.6. The minimum absolute atomic E-state index is 0.0197. The normalized spacial score (nSPS) is 16.5. The number of ether oxygens (including phenoxy) is 1. The number of aliphatic hydroxyl groups is 1. The quantitative estimate of drug-likeness (QED) is 0.725. The lowest BCUT2D eigenvalue weighted by molar-refractivity contribution is -0.144. The average Bonchev–Trinajstić information content (AvgIpc) is 2.97. The Labute approximate surface area is 151 Å². The fourth-order valence-electron chi connectivity index (χ4n) is 2.84. The molecule has 1 N–H and O–H groups in total. The lowest BCUT2D eigenvalue weighted by Gasteiger charge is -2.16. The molecule has 6 nitrogen and oxygen atoms in total. The van der Waals surface area contributed by atoms with Crippen LogP contribution in [0.15, 0.2) is 26.2 Å². The van der Waals surface area contributed by atoms with Crippen molar-refractivity contribution in [1.29, 1.82) is 0 Å². The zero-order chi connectivity index (χ0) is 19.4. The average molecular weight is 439 g/mol. The van der Waals surface area contributed by atoms with E-state index in [2.05, 4.69) is 15.9 Å². The molecule has 1 aliphatic heterocycles. The Hall–Kier alpha value is -2.14. The third-order valence-electron chi connectivity index (χ3n) is 4.01. The van der Waals surface area contributed by atoms with Gasteiger partial charge < -0.3 is 9.84 Å². The maximum Gasteiger partial charge on any atom is 0.431 e. The summed E-state index contributed by atoms with van der Waals surface area (Å²) in [5.74, 6) is -0.869. The highest BCUT2D eigenvalue weighted by Crippen LogP contribution is 2.40. The Morgan fingerprint density at radius 2 is 2.00 bits per heavy atom. The van der Waals surface area contributed by atoms with Gasteiger partial charge in [-0.05, 0) is 22.0 Å². The van der Waals surface area contributed by atoms with Crippen LogP contribution in [0.25, 0.3) is 5.69 Å². The van der Waals surface area contributed by atoms with Crippen molar-refractivity contribution in [3.05, 3.63) is 54.5 Å². The molecule has 26 heavy (non-hydrogen) atoms. The SMILES string of the molecule is Cn1c(C(F)(F)F)cc(=O)n(-c2c(F)cc(Br)c3c2CC(CO)O3)c1=O. The van der Waals surface area contributed by atoms with Crippen LogP contribution in [0.2, 0.25) is 0 Å². The number of hydrogen-bond acceptors (Lipinski definition) is 4. The number of nitrogens with zero attached hydrogens (tertiary/aromatic N) is 2. The van der Waals surface area contributed by atoms with Gasteiger partial charge in [0.2, 0.25) is 0 Å². The van der Waals surface area contributed by atoms with E-state index in [1.54, 1.807) is 0 Å². The molecule has 0 aliphatic carbocycles. The summed E-state index contributed by atoms with van der Waals surface area (Å²) in [5.41, 5.74) is -4.49. The Kier molecular flexibility index (Phi) is 4.47. The molecule has 1 aliphatic rings. The first-order chi connectivity index (χ1) is 12.1. The molecule has 1 atom stereocenters. The van der Waals surface area contributed by atoms with E-state index in [-0.39, 0.29) is 32.8 Å². The van der Waals surface area contributed by atoms with Gasteiger partial charge in [-0.2, -0.15) is 13.2 Å². The van der Waals surface area contributed by atoms with Crippen molar-refractivity contribution >= 4 is 15.9 Å².